The summed E-state index contributed by atoms with van der Waals surface area (Å²) in [7, 11) is -2.69. The first-order chi connectivity index (χ1) is 18.3. The number of phenols is 1. The monoisotopic (exact) mass is 537 g/mol. The van der Waals surface area contributed by atoms with Crippen LogP contribution in [0.4, 0.5) is 15.8 Å². The predicted molar refractivity (Wildman–Crippen MR) is 146 cm³/mol. The molecule has 0 radical (unpaired) electrons. The van der Waals surface area contributed by atoms with Crippen LogP contribution in [0, 0.1) is 0 Å². The average Bonchev–Trinajstić information content (AvgIpc) is 2.91. The second-order valence-corrected chi connectivity index (χ2v) is 10.2. The number of allylic oxidation sites excluding steroid dienone is 4. The van der Waals surface area contributed by atoms with Crippen molar-refractivity contribution in [1.82, 2.24) is 5.32 Å². The van der Waals surface area contributed by atoms with Crippen molar-refractivity contribution in [3.05, 3.63) is 95.8 Å². The molecule has 4 N–H and O–H groups in total. The van der Waals surface area contributed by atoms with E-state index in [4.69, 9.17) is 4.74 Å². The first kappa shape index (κ1) is 26.7. The standard InChI is InChI=1S/C28H28FN3O5S/c1-37-26-14-13-19(22-9-2-4-11-24(22)29)17-27(26)38(35,36)32-21-8-6-7-20(18-21)30-15-16-31-28(34)23-10-3-5-12-25(23)33/h3-8,10-14,17-18,30,32-33H,2,9,15-16H2,1H3,(H,31,34). The number of para-hydroxylation sites is 1. The fourth-order valence-electron chi connectivity index (χ4n) is 4.04. The first-order valence-electron chi connectivity index (χ1n) is 11.9. The number of phenolic OH excluding ortho intramolecular Hbond substituents is 1. The van der Waals surface area contributed by atoms with Gasteiger partial charge in [0.05, 0.1) is 18.4 Å². The van der Waals surface area contributed by atoms with Gasteiger partial charge in [0.2, 0.25) is 0 Å². The highest BCUT2D eigenvalue weighted by molar-refractivity contribution is 7.92. The Hall–Kier alpha value is -4.31. The second-order valence-electron chi connectivity index (χ2n) is 8.52. The average molecular weight is 538 g/mol. The highest BCUT2D eigenvalue weighted by atomic mass is 32.2. The van der Waals surface area contributed by atoms with Gasteiger partial charge in [-0.2, -0.15) is 0 Å². The number of hydrogen-bond acceptors (Lipinski definition) is 6. The zero-order valence-corrected chi connectivity index (χ0v) is 21.5. The molecule has 3 aromatic rings. The van der Waals surface area contributed by atoms with Crippen molar-refractivity contribution in [3.63, 3.8) is 0 Å². The number of anilines is 2. The highest BCUT2D eigenvalue weighted by Crippen LogP contribution is 2.34. The van der Waals surface area contributed by atoms with Crippen molar-refractivity contribution in [1.29, 1.82) is 0 Å². The van der Waals surface area contributed by atoms with Crippen LogP contribution in [0.1, 0.15) is 28.8 Å². The Morgan fingerprint density at radius 2 is 1.82 bits per heavy atom. The summed E-state index contributed by atoms with van der Waals surface area (Å²) in [5.74, 6) is -0.739. The molecular formula is C28H28FN3O5S. The van der Waals surface area contributed by atoms with Gasteiger partial charge < -0.3 is 20.5 Å². The zero-order chi connectivity index (χ0) is 27.1. The largest absolute Gasteiger partial charge is 0.507 e. The van der Waals surface area contributed by atoms with Gasteiger partial charge in [-0.05, 0) is 72.5 Å². The molecule has 1 aliphatic carbocycles. The zero-order valence-electron chi connectivity index (χ0n) is 20.7. The van der Waals surface area contributed by atoms with Crippen LogP contribution in [0.5, 0.6) is 11.5 Å². The van der Waals surface area contributed by atoms with Gasteiger partial charge in [0.1, 0.15) is 22.2 Å². The molecule has 0 atom stereocenters. The SMILES string of the molecule is COc1ccc(C2=C(F)C=CCC2)cc1S(=O)(=O)Nc1cccc(NCCNC(=O)c2ccccc2O)c1. The second kappa shape index (κ2) is 11.8. The molecule has 8 nitrogen and oxygen atoms in total. The Labute approximate surface area is 220 Å². The van der Waals surface area contributed by atoms with E-state index in [9.17, 15) is 22.7 Å². The number of carbonyl (C=O) groups excluding carboxylic acids is 1. The number of rotatable bonds is 10. The van der Waals surface area contributed by atoms with Gasteiger partial charge in [-0.1, -0.05) is 30.3 Å². The summed E-state index contributed by atoms with van der Waals surface area (Å²) in [5, 5.41) is 15.6. The van der Waals surface area contributed by atoms with E-state index in [0.717, 1.165) is 0 Å². The molecule has 0 spiro atoms. The molecule has 0 saturated carbocycles. The quantitative estimate of drug-likeness (QED) is 0.268. The van der Waals surface area contributed by atoms with E-state index in [0.29, 0.717) is 41.9 Å². The summed E-state index contributed by atoms with van der Waals surface area (Å²) in [5.41, 5.74) is 2.06. The summed E-state index contributed by atoms with van der Waals surface area (Å²) < 4.78 is 48.8. The molecule has 0 bridgehead atoms. The number of hydrogen-bond donors (Lipinski definition) is 4. The number of carbonyl (C=O) groups is 1. The predicted octanol–water partition coefficient (Wildman–Crippen LogP) is 5.07. The number of benzene rings is 3. The molecule has 1 aliphatic rings. The maximum absolute atomic E-state index is 14.4. The topological polar surface area (TPSA) is 117 Å². The maximum Gasteiger partial charge on any atom is 0.265 e. The van der Waals surface area contributed by atoms with Gasteiger partial charge in [-0.15, -0.1) is 0 Å². The number of halogens is 1. The molecule has 0 heterocycles. The van der Waals surface area contributed by atoms with E-state index in [2.05, 4.69) is 15.4 Å². The van der Waals surface area contributed by atoms with Crippen molar-refractivity contribution in [2.75, 3.05) is 30.2 Å². The van der Waals surface area contributed by atoms with Crippen molar-refractivity contribution in [2.24, 2.45) is 0 Å². The number of methoxy groups -OCH3 is 1. The van der Waals surface area contributed by atoms with E-state index in [-0.39, 0.29) is 34.3 Å². The van der Waals surface area contributed by atoms with Crippen LogP contribution in [0.25, 0.3) is 5.57 Å². The van der Waals surface area contributed by atoms with Gasteiger partial charge in [0.15, 0.2) is 0 Å². The molecular weight excluding hydrogens is 509 g/mol. The number of aromatic hydroxyl groups is 1. The third-order valence-electron chi connectivity index (χ3n) is 5.92. The molecule has 4 rings (SSSR count). The third kappa shape index (κ3) is 6.33. The summed E-state index contributed by atoms with van der Waals surface area (Å²) in [6.07, 6.45) is 4.28. The normalized spacial score (nSPS) is 13.2. The molecule has 198 valence electrons. The van der Waals surface area contributed by atoms with Crippen LogP contribution < -0.4 is 20.1 Å². The highest BCUT2D eigenvalue weighted by Gasteiger charge is 2.22. The van der Waals surface area contributed by atoms with Gasteiger partial charge in [-0.25, -0.2) is 12.8 Å². The number of nitrogens with one attached hydrogen (secondary N) is 3. The fourth-order valence-corrected chi connectivity index (χ4v) is 5.28. The lowest BCUT2D eigenvalue weighted by Crippen LogP contribution is -2.28. The molecule has 0 aromatic heterocycles. The molecule has 0 unspecified atom stereocenters. The van der Waals surface area contributed by atoms with Crippen LogP contribution in [-0.2, 0) is 10.0 Å². The Kier molecular flexibility index (Phi) is 8.32. The van der Waals surface area contributed by atoms with Crippen molar-refractivity contribution >= 4 is 32.9 Å². The summed E-state index contributed by atoms with van der Waals surface area (Å²) >= 11 is 0. The minimum absolute atomic E-state index is 0.0995. The fraction of sp³-hybridized carbons (Fsp3) is 0.179. The molecule has 3 aromatic carbocycles. The van der Waals surface area contributed by atoms with Gasteiger partial charge in [0, 0.05) is 18.8 Å². The van der Waals surface area contributed by atoms with Gasteiger partial charge >= 0.3 is 0 Å². The Balaban J connectivity index is 1.43. The molecule has 0 aliphatic heterocycles. The smallest absolute Gasteiger partial charge is 0.265 e. The number of ether oxygens (including phenoxy) is 1. The Bertz CT molecular complexity index is 1500. The summed E-state index contributed by atoms with van der Waals surface area (Å²) in [6, 6.07) is 17.5. The first-order valence-corrected chi connectivity index (χ1v) is 13.4. The number of amides is 1. The molecule has 1 amide bonds. The molecule has 10 heteroatoms. The van der Waals surface area contributed by atoms with E-state index < -0.39 is 15.9 Å². The maximum atomic E-state index is 14.4. The molecule has 38 heavy (non-hydrogen) atoms. The number of sulfonamides is 1. The molecule has 0 fully saturated rings. The summed E-state index contributed by atoms with van der Waals surface area (Å²) in [6.45, 7) is 0.634. The summed E-state index contributed by atoms with van der Waals surface area (Å²) in [4.78, 5) is 12.1. The Morgan fingerprint density at radius 1 is 1.03 bits per heavy atom. The van der Waals surface area contributed by atoms with E-state index in [1.165, 1.54) is 37.5 Å². The molecule has 0 saturated heterocycles. The van der Waals surface area contributed by atoms with Crippen molar-refractivity contribution in [2.45, 2.75) is 17.7 Å². The van der Waals surface area contributed by atoms with E-state index in [1.807, 2.05) is 0 Å². The lowest BCUT2D eigenvalue weighted by molar-refractivity contribution is 0.0952. The van der Waals surface area contributed by atoms with Crippen LogP contribution in [0.2, 0.25) is 0 Å². The van der Waals surface area contributed by atoms with Crippen LogP contribution in [0.3, 0.4) is 0 Å². The Morgan fingerprint density at radius 3 is 2.58 bits per heavy atom. The third-order valence-corrected chi connectivity index (χ3v) is 7.32. The minimum Gasteiger partial charge on any atom is -0.507 e. The van der Waals surface area contributed by atoms with Crippen LogP contribution in [-0.4, -0.2) is 39.6 Å². The lowest BCUT2D eigenvalue weighted by atomic mass is 9.96. The van der Waals surface area contributed by atoms with E-state index in [1.54, 1.807) is 48.5 Å². The van der Waals surface area contributed by atoms with Gasteiger partial charge in [0.25, 0.3) is 15.9 Å². The van der Waals surface area contributed by atoms with Crippen molar-refractivity contribution < 1.29 is 27.4 Å². The van der Waals surface area contributed by atoms with E-state index >= 15 is 0 Å². The van der Waals surface area contributed by atoms with Gasteiger partial charge in [-0.3, -0.25) is 9.52 Å². The minimum atomic E-state index is -4.07. The lowest BCUT2D eigenvalue weighted by Gasteiger charge is -2.16. The van der Waals surface area contributed by atoms with Crippen LogP contribution in [0.15, 0.2) is 89.6 Å². The van der Waals surface area contributed by atoms with Crippen molar-refractivity contribution in [3.8, 4) is 11.5 Å². The van der Waals surface area contributed by atoms with Crippen LogP contribution >= 0.6 is 0 Å².